The van der Waals surface area contributed by atoms with Crippen LogP contribution in [-0.4, -0.2) is 0 Å². The van der Waals surface area contributed by atoms with Crippen LogP contribution in [0.15, 0.2) is 84.9 Å². The molecule has 0 aromatic heterocycles. The maximum atomic E-state index is 15.0. The van der Waals surface area contributed by atoms with Gasteiger partial charge in [0, 0.05) is 11.1 Å². The Balaban J connectivity index is 1.97. The summed E-state index contributed by atoms with van der Waals surface area (Å²) in [5, 5.41) is 3.17. The first-order valence-electron chi connectivity index (χ1n) is 7.77. The molecule has 0 spiro atoms. The highest BCUT2D eigenvalue weighted by atomic mass is 19.2. The summed E-state index contributed by atoms with van der Waals surface area (Å²) in [7, 11) is 0. The van der Waals surface area contributed by atoms with Gasteiger partial charge in [0.25, 0.3) is 0 Å². The van der Waals surface area contributed by atoms with E-state index in [0.29, 0.717) is 10.8 Å². The molecule has 0 aliphatic heterocycles. The Morgan fingerprint density at radius 1 is 0.458 bits per heavy atom. The maximum absolute atomic E-state index is 15.0. The molecule has 4 aromatic rings. The molecule has 4 rings (SSSR count). The zero-order valence-electron chi connectivity index (χ0n) is 12.8. The summed E-state index contributed by atoms with van der Waals surface area (Å²) in [6.07, 6.45) is 0. The summed E-state index contributed by atoms with van der Waals surface area (Å²) in [6, 6.07) is 25.3. The number of fused-ring (bicyclic) bond motifs is 2. The fourth-order valence-electron chi connectivity index (χ4n) is 3.07. The molecule has 0 atom stereocenters. The second kappa shape index (κ2) is 5.89. The summed E-state index contributed by atoms with van der Waals surface area (Å²) in [5.74, 6) is -1.66. The molecule has 0 fully saturated rings. The van der Waals surface area contributed by atoms with Gasteiger partial charge in [0.2, 0.25) is 0 Å². The average Bonchev–Trinajstić information content (AvgIpc) is 2.66. The molecule has 2 heteroatoms. The van der Waals surface area contributed by atoms with Gasteiger partial charge in [-0.1, -0.05) is 84.9 Å². The van der Waals surface area contributed by atoms with Gasteiger partial charge in [-0.3, -0.25) is 0 Å². The van der Waals surface area contributed by atoms with Gasteiger partial charge in [-0.15, -0.1) is 0 Å². The lowest BCUT2D eigenvalue weighted by atomic mass is 9.99. The Kier molecular flexibility index (Phi) is 3.58. The van der Waals surface area contributed by atoms with Gasteiger partial charge < -0.3 is 0 Å². The van der Waals surface area contributed by atoms with Gasteiger partial charge >= 0.3 is 0 Å². The van der Waals surface area contributed by atoms with Crippen molar-refractivity contribution in [3.63, 3.8) is 0 Å². The van der Waals surface area contributed by atoms with Crippen LogP contribution in [0.3, 0.4) is 0 Å². The minimum Gasteiger partial charge on any atom is -0.203 e. The van der Waals surface area contributed by atoms with Crippen LogP contribution in [-0.2, 0) is 0 Å². The molecule has 0 bridgehead atoms. The van der Waals surface area contributed by atoms with Crippen molar-refractivity contribution < 1.29 is 8.78 Å². The zero-order valence-corrected chi connectivity index (χ0v) is 12.8. The van der Waals surface area contributed by atoms with E-state index in [2.05, 4.69) is 0 Å². The van der Waals surface area contributed by atoms with Gasteiger partial charge in [0.05, 0.1) is 0 Å². The van der Waals surface area contributed by atoms with Crippen molar-refractivity contribution in [1.29, 1.82) is 0 Å². The number of hydrogen-bond acceptors (Lipinski definition) is 0. The second-order valence-corrected chi connectivity index (χ2v) is 5.68. The van der Waals surface area contributed by atoms with Crippen LogP contribution in [0.25, 0.3) is 33.2 Å². The normalized spacial score (nSPS) is 12.4. The monoisotopic (exact) mass is 316 g/mol. The molecule has 0 aliphatic rings. The lowest BCUT2D eigenvalue weighted by Crippen LogP contribution is -1.88. The van der Waals surface area contributed by atoms with E-state index in [1.807, 2.05) is 48.5 Å². The van der Waals surface area contributed by atoms with E-state index in [1.165, 1.54) is 0 Å². The smallest absolute Gasteiger partial charge is 0.167 e. The molecule has 0 saturated heterocycles. The summed E-state index contributed by atoms with van der Waals surface area (Å²) in [5.41, 5.74) is 0.553. The Labute approximate surface area is 138 Å². The van der Waals surface area contributed by atoms with Gasteiger partial charge in [0.1, 0.15) is 0 Å². The van der Waals surface area contributed by atoms with E-state index in [0.717, 1.165) is 10.8 Å². The molecular formula is C22H14F2. The number of hydrogen-bond donors (Lipinski definition) is 0. The van der Waals surface area contributed by atoms with Gasteiger partial charge in [0.15, 0.2) is 11.7 Å². The maximum Gasteiger partial charge on any atom is 0.167 e. The third kappa shape index (κ3) is 2.37. The van der Waals surface area contributed by atoms with Crippen molar-refractivity contribution in [2.75, 3.05) is 0 Å². The van der Waals surface area contributed by atoms with E-state index in [4.69, 9.17) is 0 Å². The molecule has 116 valence electrons. The van der Waals surface area contributed by atoms with Gasteiger partial charge in [-0.2, -0.15) is 0 Å². The van der Waals surface area contributed by atoms with Crippen LogP contribution in [0, 0.1) is 0 Å². The molecule has 0 unspecified atom stereocenters. The SMILES string of the molecule is FC(=C(F)c1cccc2ccccc12)c1cccc2ccccc12. The van der Waals surface area contributed by atoms with Crippen LogP contribution in [0.4, 0.5) is 8.78 Å². The van der Waals surface area contributed by atoms with Crippen molar-refractivity contribution in [3.8, 4) is 0 Å². The lowest BCUT2D eigenvalue weighted by Gasteiger charge is -2.08. The molecule has 0 amide bonds. The molecular weight excluding hydrogens is 302 g/mol. The molecule has 0 N–H and O–H groups in total. The first kappa shape index (κ1) is 14.6. The molecule has 0 radical (unpaired) electrons. The highest BCUT2D eigenvalue weighted by molar-refractivity contribution is 6.01. The Bertz CT molecular complexity index is 979. The van der Waals surface area contributed by atoms with Crippen LogP contribution >= 0.6 is 0 Å². The predicted octanol–water partition coefficient (Wildman–Crippen LogP) is 6.76. The quantitative estimate of drug-likeness (QED) is 0.358. The molecule has 0 aliphatic carbocycles. The van der Waals surface area contributed by atoms with Crippen LogP contribution in [0.5, 0.6) is 0 Å². The van der Waals surface area contributed by atoms with E-state index in [9.17, 15) is 8.78 Å². The largest absolute Gasteiger partial charge is 0.203 e. The van der Waals surface area contributed by atoms with Crippen LogP contribution in [0.1, 0.15) is 11.1 Å². The third-order valence-electron chi connectivity index (χ3n) is 4.24. The highest BCUT2D eigenvalue weighted by Crippen LogP contribution is 2.35. The van der Waals surface area contributed by atoms with Crippen molar-refractivity contribution in [2.24, 2.45) is 0 Å². The number of halogens is 2. The molecule has 0 saturated carbocycles. The molecule has 4 aromatic carbocycles. The van der Waals surface area contributed by atoms with E-state index in [1.54, 1.807) is 36.4 Å². The zero-order chi connectivity index (χ0) is 16.5. The Hall–Kier alpha value is -3.00. The lowest BCUT2D eigenvalue weighted by molar-refractivity contribution is 0.702. The van der Waals surface area contributed by atoms with Crippen molar-refractivity contribution in [2.45, 2.75) is 0 Å². The van der Waals surface area contributed by atoms with Gasteiger partial charge in [-0.25, -0.2) is 8.78 Å². The highest BCUT2D eigenvalue weighted by Gasteiger charge is 2.15. The third-order valence-corrected chi connectivity index (χ3v) is 4.24. The van der Waals surface area contributed by atoms with Crippen molar-refractivity contribution >= 4 is 33.2 Å². The summed E-state index contributed by atoms with van der Waals surface area (Å²) < 4.78 is 30.0. The first-order chi connectivity index (χ1) is 11.8. The molecule has 0 nitrogen and oxygen atoms in total. The minimum absolute atomic E-state index is 0.276. The van der Waals surface area contributed by atoms with Crippen molar-refractivity contribution in [1.82, 2.24) is 0 Å². The van der Waals surface area contributed by atoms with E-state index >= 15 is 0 Å². The topological polar surface area (TPSA) is 0 Å². The molecule has 0 heterocycles. The summed E-state index contributed by atoms with van der Waals surface area (Å²) in [6.45, 7) is 0. The minimum atomic E-state index is -0.830. The fraction of sp³-hybridized carbons (Fsp3) is 0. The Morgan fingerprint density at radius 3 is 1.29 bits per heavy atom. The predicted molar refractivity (Wildman–Crippen MR) is 96.9 cm³/mol. The average molecular weight is 316 g/mol. The second-order valence-electron chi connectivity index (χ2n) is 5.68. The van der Waals surface area contributed by atoms with Crippen LogP contribution in [0.2, 0.25) is 0 Å². The van der Waals surface area contributed by atoms with Crippen LogP contribution < -0.4 is 0 Å². The van der Waals surface area contributed by atoms with E-state index < -0.39 is 11.7 Å². The number of rotatable bonds is 2. The number of benzene rings is 4. The van der Waals surface area contributed by atoms with Crippen molar-refractivity contribution in [3.05, 3.63) is 96.1 Å². The van der Waals surface area contributed by atoms with E-state index in [-0.39, 0.29) is 11.1 Å². The standard InChI is InChI=1S/C22H14F2/c23-21(19-13-5-9-15-7-1-3-11-17(15)19)22(24)20-14-6-10-16-8-2-4-12-18(16)20/h1-14H. The Morgan fingerprint density at radius 2 is 0.833 bits per heavy atom. The molecule has 24 heavy (non-hydrogen) atoms. The first-order valence-corrected chi connectivity index (χ1v) is 7.77. The summed E-state index contributed by atoms with van der Waals surface area (Å²) >= 11 is 0. The fourth-order valence-corrected chi connectivity index (χ4v) is 3.07. The summed E-state index contributed by atoms with van der Waals surface area (Å²) in [4.78, 5) is 0. The van der Waals surface area contributed by atoms with Gasteiger partial charge in [-0.05, 0) is 21.5 Å².